The number of rotatable bonds is 5. The van der Waals surface area contributed by atoms with Gasteiger partial charge in [0.05, 0.1) is 41.4 Å². The van der Waals surface area contributed by atoms with Gasteiger partial charge in [0.2, 0.25) is 0 Å². The second-order valence-electron chi connectivity index (χ2n) is 8.76. The van der Waals surface area contributed by atoms with E-state index in [9.17, 15) is 27.5 Å². The minimum atomic E-state index is -2.00. The fourth-order valence-electron chi connectivity index (χ4n) is 4.42. The minimum Gasteiger partial charge on any atom is -0.389 e. The van der Waals surface area contributed by atoms with E-state index in [0.29, 0.717) is 18.6 Å². The van der Waals surface area contributed by atoms with Gasteiger partial charge in [0.25, 0.3) is 5.91 Å². The Morgan fingerprint density at radius 3 is 2.47 bits per heavy atom. The van der Waals surface area contributed by atoms with E-state index in [0.717, 1.165) is 17.3 Å². The molecule has 0 bridgehead atoms. The summed E-state index contributed by atoms with van der Waals surface area (Å²) in [5.74, 6) is -8.06. The molecule has 1 fully saturated rings. The highest BCUT2D eigenvalue weighted by atomic mass is 19.2. The number of halogens is 4. The Morgan fingerprint density at radius 1 is 1.08 bits per heavy atom. The highest BCUT2D eigenvalue weighted by molar-refractivity contribution is 6.07. The second-order valence-corrected chi connectivity index (χ2v) is 8.76. The summed E-state index contributed by atoms with van der Waals surface area (Å²) in [6.45, 7) is 0.255. The number of aromatic nitrogens is 3. The minimum absolute atomic E-state index is 0.00454. The molecule has 1 aliphatic rings. The molecular formula is C25H22F4N4O3. The normalized spacial score (nSPS) is 18.1. The maximum atomic E-state index is 14.9. The van der Waals surface area contributed by atoms with Crippen LogP contribution in [0.25, 0.3) is 22.0 Å². The standard InChI is InChI=1S/C25H22F4N4O3/c1-32-10-15(8-30-32)14-4-2-13(3-5-14)9-33-11-16(25(35)31-17-6-7-36-12-18(17)34)19-20(26)21(27)22(28)23(29)24(19)33/h2-5,8,10-11,17-18,34H,6-7,9,12H2,1H3,(H,31,35). The molecule has 36 heavy (non-hydrogen) atoms. The van der Waals surface area contributed by atoms with Gasteiger partial charge in [0, 0.05) is 38.2 Å². The summed E-state index contributed by atoms with van der Waals surface area (Å²) < 4.78 is 66.0. The number of aliphatic hydroxyl groups is 1. The number of aliphatic hydroxyl groups excluding tert-OH is 1. The van der Waals surface area contributed by atoms with Crippen molar-refractivity contribution in [2.75, 3.05) is 13.2 Å². The van der Waals surface area contributed by atoms with E-state index in [-0.39, 0.29) is 18.7 Å². The van der Waals surface area contributed by atoms with Crippen LogP contribution in [0.1, 0.15) is 22.3 Å². The Morgan fingerprint density at radius 2 is 1.81 bits per heavy atom. The summed E-state index contributed by atoms with van der Waals surface area (Å²) in [5, 5.41) is 16.1. The highest BCUT2D eigenvalue weighted by Gasteiger charge is 2.31. The van der Waals surface area contributed by atoms with Gasteiger partial charge in [-0.25, -0.2) is 17.6 Å². The smallest absolute Gasteiger partial charge is 0.253 e. The van der Waals surface area contributed by atoms with Crippen LogP contribution < -0.4 is 5.32 Å². The zero-order chi connectivity index (χ0) is 25.6. The Labute approximate surface area is 202 Å². The molecule has 4 aromatic rings. The number of nitrogens with zero attached hydrogens (tertiary/aromatic N) is 3. The molecule has 0 spiro atoms. The van der Waals surface area contributed by atoms with Crippen LogP contribution >= 0.6 is 0 Å². The van der Waals surface area contributed by atoms with Crippen molar-refractivity contribution in [3.63, 3.8) is 0 Å². The Balaban J connectivity index is 1.53. The fraction of sp³-hybridized carbons (Fsp3) is 0.280. The van der Waals surface area contributed by atoms with Crippen molar-refractivity contribution in [2.24, 2.45) is 7.05 Å². The number of ether oxygens (including phenoxy) is 1. The van der Waals surface area contributed by atoms with Gasteiger partial charge in [-0.15, -0.1) is 0 Å². The van der Waals surface area contributed by atoms with E-state index in [4.69, 9.17) is 4.74 Å². The first kappa shape index (κ1) is 24.0. The molecule has 7 nitrogen and oxygen atoms in total. The van der Waals surface area contributed by atoms with E-state index in [1.807, 2.05) is 18.3 Å². The lowest BCUT2D eigenvalue weighted by Crippen LogP contribution is -2.48. The number of carbonyl (C=O) groups excluding carboxylic acids is 1. The first-order chi connectivity index (χ1) is 17.2. The number of hydrogen-bond donors (Lipinski definition) is 2. The van der Waals surface area contributed by atoms with Crippen molar-refractivity contribution in [3.05, 3.63) is 77.3 Å². The molecule has 3 heterocycles. The second kappa shape index (κ2) is 9.40. The molecule has 1 saturated heterocycles. The first-order valence-corrected chi connectivity index (χ1v) is 11.2. The summed E-state index contributed by atoms with van der Waals surface area (Å²) in [7, 11) is 1.79. The number of aryl methyl sites for hydroxylation is 1. The number of carbonyl (C=O) groups is 1. The Kier molecular flexibility index (Phi) is 6.27. The molecule has 2 unspecified atom stereocenters. The maximum absolute atomic E-state index is 14.9. The van der Waals surface area contributed by atoms with Gasteiger partial charge in [-0.3, -0.25) is 9.48 Å². The lowest BCUT2D eigenvalue weighted by atomic mass is 10.0. The molecule has 188 valence electrons. The number of fused-ring (bicyclic) bond motifs is 1. The van der Waals surface area contributed by atoms with Crippen LogP contribution in [0.4, 0.5) is 17.6 Å². The molecule has 0 radical (unpaired) electrons. The summed E-state index contributed by atoms with van der Waals surface area (Å²) in [6, 6.07) is 6.44. The first-order valence-electron chi connectivity index (χ1n) is 11.2. The zero-order valence-corrected chi connectivity index (χ0v) is 19.1. The van der Waals surface area contributed by atoms with E-state index < -0.39 is 52.2 Å². The van der Waals surface area contributed by atoms with Gasteiger partial charge in [0.15, 0.2) is 23.3 Å². The van der Waals surface area contributed by atoms with E-state index >= 15 is 0 Å². The van der Waals surface area contributed by atoms with Crippen molar-refractivity contribution >= 4 is 16.8 Å². The molecule has 2 aromatic heterocycles. The number of amides is 1. The van der Waals surface area contributed by atoms with Crippen molar-refractivity contribution < 1.29 is 32.2 Å². The molecule has 2 aromatic carbocycles. The van der Waals surface area contributed by atoms with Crippen molar-refractivity contribution in [2.45, 2.75) is 25.1 Å². The average Bonchev–Trinajstić information content (AvgIpc) is 3.47. The highest BCUT2D eigenvalue weighted by Crippen LogP contribution is 2.32. The van der Waals surface area contributed by atoms with Crippen LogP contribution in [0.3, 0.4) is 0 Å². The van der Waals surface area contributed by atoms with Gasteiger partial charge in [-0.1, -0.05) is 24.3 Å². The summed E-state index contributed by atoms with van der Waals surface area (Å²) in [5.41, 5.74) is 1.47. The van der Waals surface area contributed by atoms with Crippen molar-refractivity contribution in [1.29, 1.82) is 0 Å². The van der Waals surface area contributed by atoms with Gasteiger partial charge in [-0.05, 0) is 17.5 Å². The SMILES string of the molecule is Cn1cc(-c2ccc(Cn3cc(C(=O)NC4CCOCC4O)c4c(F)c(F)c(F)c(F)c43)cc2)cn1. The van der Waals surface area contributed by atoms with Crippen LogP contribution in [0.2, 0.25) is 0 Å². The largest absolute Gasteiger partial charge is 0.389 e. The average molecular weight is 502 g/mol. The third-order valence-electron chi connectivity index (χ3n) is 6.32. The van der Waals surface area contributed by atoms with E-state index in [2.05, 4.69) is 10.4 Å². The molecule has 2 atom stereocenters. The van der Waals surface area contributed by atoms with Crippen molar-refractivity contribution in [1.82, 2.24) is 19.7 Å². The summed E-state index contributed by atoms with van der Waals surface area (Å²) >= 11 is 0. The fourth-order valence-corrected chi connectivity index (χ4v) is 4.42. The maximum Gasteiger partial charge on any atom is 0.253 e. The molecule has 5 rings (SSSR count). The molecule has 2 N–H and O–H groups in total. The molecule has 1 aliphatic heterocycles. The molecule has 1 amide bonds. The van der Waals surface area contributed by atoms with E-state index in [1.165, 1.54) is 4.57 Å². The van der Waals surface area contributed by atoms with Crippen LogP contribution in [-0.2, 0) is 18.3 Å². The Bertz CT molecular complexity index is 1450. The number of nitrogens with one attached hydrogen (secondary N) is 1. The van der Waals surface area contributed by atoms with Crippen molar-refractivity contribution in [3.8, 4) is 11.1 Å². The van der Waals surface area contributed by atoms with Gasteiger partial charge < -0.3 is 19.7 Å². The van der Waals surface area contributed by atoms with Crippen LogP contribution in [-0.4, -0.2) is 50.7 Å². The topological polar surface area (TPSA) is 81.3 Å². The third-order valence-corrected chi connectivity index (χ3v) is 6.32. The third kappa shape index (κ3) is 4.24. The van der Waals surface area contributed by atoms with Gasteiger partial charge >= 0.3 is 0 Å². The Hall–Kier alpha value is -3.70. The predicted molar refractivity (Wildman–Crippen MR) is 122 cm³/mol. The quantitative estimate of drug-likeness (QED) is 0.249. The van der Waals surface area contributed by atoms with Gasteiger partial charge in [0.1, 0.15) is 0 Å². The molecule has 11 heteroatoms. The van der Waals surface area contributed by atoms with E-state index in [1.54, 1.807) is 30.1 Å². The van der Waals surface area contributed by atoms with Crippen LogP contribution in [0.5, 0.6) is 0 Å². The molecule has 0 saturated carbocycles. The zero-order valence-electron chi connectivity index (χ0n) is 19.1. The number of hydrogen-bond acceptors (Lipinski definition) is 4. The monoisotopic (exact) mass is 502 g/mol. The van der Waals surface area contributed by atoms with Crippen LogP contribution in [0, 0.1) is 23.3 Å². The lowest BCUT2D eigenvalue weighted by molar-refractivity contribution is -0.0260. The summed E-state index contributed by atoms with van der Waals surface area (Å²) in [4.78, 5) is 13.0. The van der Waals surface area contributed by atoms with Crippen LogP contribution in [0.15, 0.2) is 42.9 Å². The lowest BCUT2D eigenvalue weighted by Gasteiger charge is -2.28. The molecule has 0 aliphatic carbocycles. The molecular weight excluding hydrogens is 480 g/mol. The van der Waals surface area contributed by atoms with Gasteiger partial charge in [-0.2, -0.15) is 5.10 Å². The number of benzene rings is 2. The summed E-state index contributed by atoms with van der Waals surface area (Å²) in [6.07, 6.45) is 4.00. The predicted octanol–water partition coefficient (Wildman–Crippen LogP) is 3.53.